The second-order valence-corrected chi connectivity index (χ2v) is 5.64. The lowest BCUT2D eigenvalue weighted by Crippen LogP contribution is -2.43. The van der Waals surface area contributed by atoms with E-state index in [1.165, 1.54) is 0 Å². The summed E-state index contributed by atoms with van der Waals surface area (Å²) >= 11 is 0. The van der Waals surface area contributed by atoms with Gasteiger partial charge in [0.15, 0.2) is 0 Å². The lowest BCUT2D eigenvalue weighted by Gasteiger charge is -2.34. The molecule has 1 fully saturated rings. The molecule has 2 unspecified atom stereocenters. The Kier molecular flexibility index (Phi) is 4.57. The SMILES string of the molecule is CCc1cc(CC)nc(N2CC(C)CC(C(=O)O)C2)n1. The van der Waals surface area contributed by atoms with E-state index in [1.807, 2.05) is 11.0 Å². The number of aromatic nitrogens is 2. The van der Waals surface area contributed by atoms with Gasteiger partial charge in [-0.05, 0) is 31.2 Å². The van der Waals surface area contributed by atoms with E-state index in [0.717, 1.165) is 37.2 Å². The van der Waals surface area contributed by atoms with E-state index in [2.05, 4.69) is 30.7 Å². The molecule has 0 bridgehead atoms. The summed E-state index contributed by atoms with van der Waals surface area (Å²) in [5.74, 6) is 0.00410. The molecule has 1 aliphatic rings. The van der Waals surface area contributed by atoms with Gasteiger partial charge in [0.25, 0.3) is 0 Å². The number of hydrogen-bond donors (Lipinski definition) is 1. The Bertz CT molecular complexity index is 468. The molecule has 20 heavy (non-hydrogen) atoms. The predicted octanol–water partition coefficient (Wildman–Crippen LogP) is 2.15. The van der Waals surface area contributed by atoms with Gasteiger partial charge in [0, 0.05) is 24.5 Å². The van der Waals surface area contributed by atoms with E-state index < -0.39 is 5.97 Å². The molecule has 1 aromatic heterocycles. The monoisotopic (exact) mass is 277 g/mol. The number of anilines is 1. The van der Waals surface area contributed by atoms with E-state index in [4.69, 9.17) is 0 Å². The third-order valence-electron chi connectivity index (χ3n) is 3.84. The Balaban J connectivity index is 2.27. The van der Waals surface area contributed by atoms with Gasteiger partial charge in [0.1, 0.15) is 0 Å². The van der Waals surface area contributed by atoms with E-state index in [9.17, 15) is 9.90 Å². The molecule has 1 aliphatic heterocycles. The lowest BCUT2D eigenvalue weighted by molar-refractivity contribution is -0.142. The van der Waals surface area contributed by atoms with Crippen molar-refractivity contribution in [3.05, 3.63) is 17.5 Å². The van der Waals surface area contributed by atoms with Gasteiger partial charge >= 0.3 is 5.97 Å². The minimum atomic E-state index is -0.719. The zero-order valence-electron chi connectivity index (χ0n) is 12.5. The lowest BCUT2D eigenvalue weighted by atomic mass is 9.91. The standard InChI is InChI=1S/C15H23N3O2/c1-4-12-7-13(5-2)17-15(16-12)18-8-10(3)6-11(9-18)14(19)20/h7,10-11H,4-6,8-9H2,1-3H3,(H,19,20). The summed E-state index contributed by atoms with van der Waals surface area (Å²) in [5.41, 5.74) is 2.05. The first kappa shape index (κ1) is 14.8. The van der Waals surface area contributed by atoms with Gasteiger partial charge in [-0.2, -0.15) is 0 Å². The Labute approximate surface area is 120 Å². The van der Waals surface area contributed by atoms with Gasteiger partial charge in [0.05, 0.1) is 5.92 Å². The van der Waals surface area contributed by atoms with Crippen LogP contribution in [-0.4, -0.2) is 34.1 Å². The highest BCUT2D eigenvalue weighted by atomic mass is 16.4. The first-order valence-corrected chi connectivity index (χ1v) is 7.38. The number of carbonyl (C=O) groups is 1. The third-order valence-corrected chi connectivity index (χ3v) is 3.84. The molecule has 1 saturated heterocycles. The van der Waals surface area contributed by atoms with Crippen molar-refractivity contribution in [2.75, 3.05) is 18.0 Å². The highest BCUT2D eigenvalue weighted by molar-refractivity contribution is 5.71. The van der Waals surface area contributed by atoms with Gasteiger partial charge in [-0.1, -0.05) is 20.8 Å². The molecule has 2 rings (SSSR count). The number of aryl methyl sites for hydroxylation is 2. The van der Waals surface area contributed by atoms with Crippen molar-refractivity contribution < 1.29 is 9.90 Å². The van der Waals surface area contributed by atoms with Crippen LogP contribution in [0.4, 0.5) is 5.95 Å². The summed E-state index contributed by atoms with van der Waals surface area (Å²) in [6.07, 6.45) is 2.47. The second kappa shape index (κ2) is 6.20. The normalized spacial score (nSPS) is 22.9. The quantitative estimate of drug-likeness (QED) is 0.913. The summed E-state index contributed by atoms with van der Waals surface area (Å²) in [7, 11) is 0. The molecule has 110 valence electrons. The van der Waals surface area contributed by atoms with Crippen molar-refractivity contribution in [3.63, 3.8) is 0 Å². The molecule has 0 radical (unpaired) electrons. The van der Waals surface area contributed by atoms with Crippen LogP contribution in [0.15, 0.2) is 6.07 Å². The van der Waals surface area contributed by atoms with Gasteiger partial charge in [-0.3, -0.25) is 4.79 Å². The molecule has 0 aromatic carbocycles. The maximum atomic E-state index is 11.3. The molecule has 2 heterocycles. The fraction of sp³-hybridized carbons (Fsp3) is 0.667. The van der Waals surface area contributed by atoms with Gasteiger partial charge in [0.2, 0.25) is 5.95 Å². The Morgan fingerprint density at radius 2 is 1.90 bits per heavy atom. The fourth-order valence-electron chi connectivity index (χ4n) is 2.74. The van der Waals surface area contributed by atoms with Crippen LogP contribution in [0.2, 0.25) is 0 Å². The summed E-state index contributed by atoms with van der Waals surface area (Å²) in [4.78, 5) is 22.4. The van der Waals surface area contributed by atoms with E-state index in [1.54, 1.807) is 0 Å². The van der Waals surface area contributed by atoms with Crippen LogP contribution in [0.5, 0.6) is 0 Å². The van der Waals surface area contributed by atoms with Crippen molar-refractivity contribution in [1.29, 1.82) is 0 Å². The van der Waals surface area contributed by atoms with Crippen molar-refractivity contribution in [2.24, 2.45) is 11.8 Å². The maximum absolute atomic E-state index is 11.3. The summed E-state index contributed by atoms with van der Waals surface area (Å²) in [6, 6.07) is 2.03. The maximum Gasteiger partial charge on any atom is 0.308 e. The molecule has 5 heteroatoms. The van der Waals surface area contributed by atoms with Crippen LogP contribution in [-0.2, 0) is 17.6 Å². The van der Waals surface area contributed by atoms with Crippen molar-refractivity contribution in [3.8, 4) is 0 Å². The molecule has 0 saturated carbocycles. The molecule has 1 N–H and O–H groups in total. The zero-order chi connectivity index (χ0) is 14.7. The number of rotatable bonds is 4. The van der Waals surface area contributed by atoms with Crippen molar-refractivity contribution in [1.82, 2.24) is 9.97 Å². The average molecular weight is 277 g/mol. The number of carboxylic acid groups (broad SMARTS) is 1. The number of aliphatic carboxylic acids is 1. The fourth-order valence-corrected chi connectivity index (χ4v) is 2.74. The summed E-state index contributed by atoms with van der Waals surface area (Å²) < 4.78 is 0. The number of nitrogens with zero attached hydrogens (tertiary/aromatic N) is 3. The van der Waals surface area contributed by atoms with Crippen LogP contribution in [0.1, 0.15) is 38.6 Å². The van der Waals surface area contributed by atoms with E-state index in [0.29, 0.717) is 18.4 Å². The van der Waals surface area contributed by atoms with Crippen LogP contribution in [0.25, 0.3) is 0 Å². The first-order valence-electron chi connectivity index (χ1n) is 7.38. The molecule has 0 aliphatic carbocycles. The number of piperidine rings is 1. The number of hydrogen-bond acceptors (Lipinski definition) is 4. The predicted molar refractivity (Wildman–Crippen MR) is 77.9 cm³/mol. The molecule has 0 amide bonds. The van der Waals surface area contributed by atoms with Crippen LogP contribution >= 0.6 is 0 Å². The van der Waals surface area contributed by atoms with Crippen molar-refractivity contribution in [2.45, 2.75) is 40.0 Å². The van der Waals surface area contributed by atoms with E-state index >= 15 is 0 Å². The molecule has 5 nitrogen and oxygen atoms in total. The highest BCUT2D eigenvalue weighted by Gasteiger charge is 2.30. The zero-order valence-corrected chi connectivity index (χ0v) is 12.5. The third kappa shape index (κ3) is 3.26. The Hall–Kier alpha value is -1.65. The molecular formula is C15H23N3O2. The second-order valence-electron chi connectivity index (χ2n) is 5.64. The topological polar surface area (TPSA) is 66.3 Å². The van der Waals surface area contributed by atoms with Crippen LogP contribution < -0.4 is 4.90 Å². The molecule has 0 spiro atoms. The average Bonchev–Trinajstić information content (AvgIpc) is 2.45. The highest BCUT2D eigenvalue weighted by Crippen LogP contribution is 2.25. The Morgan fingerprint density at radius 3 is 2.40 bits per heavy atom. The van der Waals surface area contributed by atoms with Crippen LogP contribution in [0, 0.1) is 11.8 Å². The van der Waals surface area contributed by atoms with Gasteiger partial charge in [-0.15, -0.1) is 0 Å². The van der Waals surface area contributed by atoms with Crippen molar-refractivity contribution >= 4 is 11.9 Å². The minimum absolute atomic E-state index is 0.322. The smallest absolute Gasteiger partial charge is 0.308 e. The summed E-state index contributed by atoms with van der Waals surface area (Å²) in [6.45, 7) is 7.58. The van der Waals surface area contributed by atoms with Crippen LogP contribution in [0.3, 0.4) is 0 Å². The Morgan fingerprint density at radius 1 is 1.30 bits per heavy atom. The molecule has 2 atom stereocenters. The molecular weight excluding hydrogens is 254 g/mol. The first-order chi connectivity index (χ1) is 9.53. The van der Waals surface area contributed by atoms with Gasteiger partial charge < -0.3 is 10.0 Å². The minimum Gasteiger partial charge on any atom is -0.481 e. The van der Waals surface area contributed by atoms with Gasteiger partial charge in [-0.25, -0.2) is 9.97 Å². The summed E-state index contributed by atoms with van der Waals surface area (Å²) in [5, 5.41) is 9.25. The number of carboxylic acids is 1. The van der Waals surface area contributed by atoms with E-state index in [-0.39, 0.29) is 5.92 Å². The largest absolute Gasteiger partial charge is 0.481 e. The molecule has 1 aromatic rings.